The van der Waals surface area contributed by atoms with Gasteiger partial charge in [-0.05, 0) is 48.6 Å². The standard InChI is InChI=1S/C18H17NO3/c20-18(13-8-9-16-17(10-13)22-11-21-16)19-15-7-3-5-12-4-1-2-6-14(12)15/h1-2,4,6,8-10,15H,3,5,7,11H2,(H,19,20)/t15-/m0/s1. The van der Waals surface area contributed by atoms with Crippen LogP contribution in [-0.2, 0) is 6.42 Å². The average Bonchev–Trinajstić information content (AvgIpc) is 3.02. The number of hydrogen-bond acceptors (Lipinski definition) is 3. The Labute approximate surface area is 129 Å². The Balaban J connectivity index is 1.55. The highest BCUT2D eigenvalue weighted by Crippen LogP contribution is 2.33. The maximum absolute atomic E-state index is 12.5. The molecule has 0 radical (unpaired) electrons. The van der Waals surface area contributed by atoms with Crippen LogP contribution in [-0.4, -0.2) is 12.7 Å². The number of ether oxygens (including phenoxy) is 2. The number of carbonyl (C=O) groups is 1. The van der Waals surface area contributed by atoms with Gasteiger partial charge in [0.2, 0.25) is 6.79 Å². The van der Waals surface area contributed by atoms with E-state index in [0.717, 1.165) is 19.3 Å². The molecule has 0 unspecified atom stereocenters. The number of nitrogens with one attached hydrogen (secondary N) is 1. The zero-order valence-corrected chi connectivity index (χ0v) is 12.2. The Bertz CT molecular complexity index is 726. The van der Waals surface area contributed by atoms with E-state index in [-0.39, 0.29) is 18.7 Å². The molecule has 1 aliphatic carbocycles. The molecule has 1 atom stereocenters. The SMILES string of the molecule is O=C(N[C@H]1CCCc2ccccc21)c1ccc2c(c1)OCO2. The van der Waals surface area contributed by atoms with Crippen LogP contribution in [0.4, 0.5) is 0 Å². The Morgan fingerprint density at radius 2 is 1.95 bits per heavy atom. The number of rotatable bonds is 2. The molecule has 4 heteroatoms. The van der Waals surface area contributed by atoms with Gasteiger partial charge in [0.05, 0.1) is 6.04 Å². The third-order valence-electron chi connectivity index (χ3n) is 4.31. The fourth-order valence-corrected chi connectivity index (χ4v) is 3.18. The zero-order chi connectivity index (χ0) is 14.9. The summed E-state index contributed by atoms with van der Waals surface area (Å²) in [5.74, 6) is 1.26. The summed E-state index contributed by atoms with van der Waals surface area (Å²) in [5, 5.41) is 3.15. The summed E-state index contributed by atoms with van der Waals surface area (Å²) in [6.07, 6.45) is 3.17. The van der Waals surface area contributed by atoms with Gasteiger partial charge in [-0.15, -0.1) is 0 Å². The van der Waals surface area contributed by atoms with Crippen LogP contribution in [0.5, 0.6) is 11.5 Å². The lowest BCUT2D eigenvalue weighted by Crippen LogP contribution is -2.30. The van der Waals surface area contributed by atoms with Crippen molar-refractivity contribution >= 4 is 5.91 Å². The zero-order valence-electron chi connectivity index (χ0n) is 12.2. The molecule has 0 bridgehead atoms. The topological polar surface area (TPSA) is 47.6 Å². The molecule has 0 saturated carbocycles. The van der Waals surface area contributed by atoms with E-state index in [2.05, 4.69) is 23.5 Å². The highest BCUT2D eigenvalue weighted by Gasteiger charge is 2.23. The number of aryl methyl sites for hydroxylation is 1. The van der Waals surface area contributed by atoms with E-state index in [4.69, 9.17) is 9.47 Å². The Hall–Kier alpha value is -2.49. The fraction of sp³-hybridized carbons (Fsp3) is 0.278. The predicted octanol–water partition coefficient (Wildman–Crippen LogP) is 3.22. The molecule has 1 aliphatic heterocycles. The van der Waals surface area contributed by atoms with Gasteiger partial charge in [-0.2, -0.15) is 0 Å². The minimum absolute atomic E-state index is 0.0694. The first-order valence-electron chi connectivity index (χ1n) is 7.59. The average molecular weight is 295 g/mol. The van der Waals surface area contributed by atoms with Crippen molar-refractivity contribution in [2.24, 2.45) is 0 Å². The van der Waals surface area contributed by atoms with Crippen LogP contribution >= 0.6 is 0 Å². The van der Waals surface area contributed by atoms with Crippen molar-refractivity contribution in [1.82, 2.24) is 5.32 Å². The Morgan fingerprint density at radius 3 is 2.91 bits per heavy atom. The van der Waals surface area contributed by atoms with Gasteiger partial charge in [-0.3, -0.25) is 4.79 Å². The minimum atomic E-state index is -0.0694. The lowest BCUT2D eigenvalue weighted by Gasteiger charge is -2.26. The van der Waals surface area contributed by atoms with E-state index in [1.807, 2.05) is 6.07 Å². The van der Waals surface area contributed by atoms with Crippen LogP contribution in [0.3, 0.4) is 0 Å². The fourth-order valence-electron chi connectivity index (χ4n) is 3.18. The van der Waals surface area contributed by atoms with Crippen molar-refractivity contribution < 1.29 is 14.3 Å². The van der Waals surface area contributed by atoms with E-state index >= 15 is 0 Å². The summed E-state index contributed by atoms with van der Waals surface area (Å²) in [4.78, 5) is 12.5. The molecule has 1 N–H and O–H groups in total. The summed E-state index contributed by atoms with van der Waals surface area (Å²) in [5.41, 5.74) is 3.18. The molecule has 0 spiro atoms. The summed E-state index contributed by atoms with van der Waals surface area (Å²) >= 11 is 0. The second-order valence-electron chi connectivity index (χ2n) is 5.69. The lowest BCUT2D eigenvalue weighted by atomic mass is 9.87. The van der Waals surface area contributed by atoms with Crippen molar-refractivity contribution in [3.05, 3.63) is 59.2 Å². The van der Waals surface area contributed by atoms with Crippen molar-refractivity contribution in [3.63, 3.8) is 0 Å². The smallest absolute Gasteiger partial charge is 0.251 e. The van der Waals surface area contributed by atoms with Gasteiger partial charge in [-0.1, -0.05) is 24.3 Å². The molecule has 4 nitrogen and oxygen atoms in total. The molecule has 2 aromatic carbocycles. The van der Waals surface area contributed by atoms with Crippen LogP contribution in [0.1, 0.15) is 40.4 Å². The molecule has 0 aromatic heterocycles. The third kappa shape index (κ3) is 2.30. The summed E-state index contributed by atoms with van der Waals surface area (Å²) in [6, 6.07) is 13.7. The van der Waals surface area contributed by atoms with Gasteiger partial charge in [0, 0.05) is 5.56 Å². The van der Waals surface area contributed by atoms with Gasteiger partial charge >= 0.3 is 0 Å². The second kappa shape index (κ2) is 5.37. The van der Waals surface area contributed by atoms with Crippen LogP contribution in [0, 0.1) is 0 Å². The largest absolute Gasteiger partial charge is 0.454 e. The lowest BCUT2D eigenvalue weighted by molar-refractivity contribution is 0.0932. The van der Waals surface area contributed by atoms with Crippen LogP contribution in [0.2, 0.25) is 0 Å². The molecule has 22 heavy (non-hydrogen) atoms. The van der Waals surface area contributed by atoms with Crippen LogP contribution in [0.15, 0.2) is 42.5 Å². The summed E-state index contributed by atoms with van der Waals surface area (Å²) in [7, 11) is 0. The first-order valence-corrected chi connectivity index (χ1v) is 7.59. The molecule has 0 fully saturated rings. The van der Waals surface area contributed by atoms with Gasteiger partial charge in [-0.25, -0.2) is 0 Å². The number of amides is 1. The van der Waals surface area contributed by atoms with Gasteiger partial charge in [0.25, 0.3) is 5.91 Å². The highest BCUT2D eigenvalue weighted by atomic mass is 16.7. The summed E-state index contributed by atoms with van der Waals surface area (Å²) < 4.78 is 10.6. The number of hydrogen-bond donors (Lipinski definition) is 1. The maximum Gasteiger partial charge on any atom is 0.251 e. The number of fused-ring (bicyclic) bond motifs is 2. The van der Waals surface area contributed by atoms with E-state index in [1.54, 1.807) is 18.2 Å². The molecule has 2 aliphatic rings. The van der Waals surface area contributed by atoms with Crippen molar-refractivity contribution in [1.29, 1.82) is 0 Å². The molecule has 0 saturated heterocycles. The molecule has 112 valence electrons. The minimum Gasteiger partial charge on any atom is -0.454 e. The third-order valence-corrected chi connectivity index (χ3v) is 4.31. The van der Waals surface area contributed by atoms with E-state index < -0.39 is 0 Å². The first-order chi connectivity index (χ1) is 10.8. The molecular formula is C18H17NO3. The van der Waals surface area contributed by atoms with Crippen molar-refractivity contribution in [2.45, 2.75) is 25.3 Å². The summed E-state index contributed by atoms with van der Waals surface area (Å²) in [6.45, 7) is 0.219. The van der Waals surface area contributed by atoms with Crippen molar-refractivity contribution in [3.8, 4) is 11.5 Å². The molecule has 1 amide bonds. The molecule has 4 rings (SSSR count). The van der Waals surface area contributed by atoms with Gasteiger partial charge in [0.15, 0.2) is 11.5 Å². The number of benzene rings is 2. The van der Waals surface area contributed by atoms with Crippen LogP contribution in [0.25, 0.3) is 0 Å². The van der Waals surface area contributed by atoms with Crippen LogP contribution < -0.4 is 14.8 Å². The highest BCUT2D eigenvalue weighted by molar-refractivity contribution is 5.95. The maximum atomic E-state index is 12.5. The Kier molecular flexibility index (Phi) is 3.22. The Morgan fingerprint density at radius 1 is 1.09 bits per heavy atom. The predicted molar refractivity (Wildman–Crippen MR) is 82.2 cm³/mol. The quantitative estimate of drug-likeness (QED) is 0.925. The van der Waals surface area contributed by atoms with Gasteiger partial charge < -0.3 is 14.8 Å². The number of carbonyl (C=O) groups excluding carboxylic acids is 1. The van der Waals surface area contributed by atoms with Crippen molar-refractivity contribution in [2.75, 3.05) is 6.79 Å². The van der Waals surface area contributed by atoms with Gasteiger partial charge in [0.1, 0.15) is 0 Å². The molecule has 2 aromatic rings. The van der Waals surface area contributed by atoms with E-state index in [9.17, 15) is 4.79 Å². The molecule has 1 heterocycles. The second-order valence-corrected chi connectivity index (χ2v) is 5.69. The first kappa shape index (κ1) is 13.2. The molecular weight excluding hydrogens is 278 g/mol. The van der Waals surface area contributed by atoms with E-state index in [1.165, 1.54) is 11.1 Å². The monoisotopic (exact) mass is 295 g/mol. The van der Waals surface area contributed by atoms with E-state index in [0.29, 0.717) is 17.1 Å². The normalized spacial score (nSPS) is 18.6.